The largest absolute Gasteiger partial charge is 0.508 e. The van der Waals surface area contributed by atoms with E-state index in [9.17, 15) is 15.3 Å². The van der Waals surface area contributed by atoms with Crippen molar-refractivity contribution in [1.29, 1.82) is 0 Å². The van der Waals surface area contributed by atoms with Gasteiger partial charge in [0.25, 0.3) is 0 Å². The number of aromatic hydroxyl groups is 1. The SMILES string of the molecule is COc1c2c(c3oc(-c4ccc(O)cc4)cc(=O)c3c1OCC[C@@H](O)/C=C/c1ccccc1)[C@@H]1C#C[C@@H]3NCCN4c5[nH]c(cc5-c5cccc(c5)C1)[C@]1(C)CCC[C@H]1CC#C[C@H]1[C@H]5C=Cc6ccc7cc8ccccc8c8c7c6[C@]5(CC8)C[C@@]1(c1ccc(c(N=C(N)N)c1)C[C@@H](CO)CO2)[C@H]34. The Bertz CT molecular complexity index is 5360. The van der Waals surface area contributed by atoms with E-state index in [1.54, 1.807) is 30.3 Å². The lowest BCUT2D eigenvalue weighted by molar-refractivity contribution is 0.156. The molecule has 0 radical (unpaired) electrons. The summed E-state index contributed by atoms with van der Waals surface area (Å²) in [6.45, 7) is 3.30. The van der Waals surface area contributed by atoms with Gasteiger partial charge in [0.15, 0.2) is 28.5 Å². The summed E-state index contributed by atoms with van der Waals surface area (Å²) in [7, 11) is 1.53. The van der Waals surface area contributed by atoms with Crippen molar-refractivity contribution in [2.45, 2.75) is 111 Å². The van der Waals surface area contributed by atoms with Crippen LogP contribution < -0.4 is 41.3 Å². The fourth-order valence-corrected chi connectivity index (χ4v) is 19.7. The number of aliphatic hydroxyl groups excluding tert-OH is 2. The van der Waals surface area contributed by atoms with Gasteiger partial charge in [0.05, 0.1) is 55.7 Å². The molecule has 0 unspecified atom stereocenters. The highest BCUT2D eigenvalue weighted by Gasteiger charge is 2.68. The number of aryl methyl sites for hydroxylation is 1. The van der Waals surface area contributed by atoms with Crippen molar-refractivity contribution in [2.75, 3.05) is 44.9 Å². The molecule has 4 aliphatic carbocycles. The van der Waals surface area contributed by atoms with Crippen LogP contribution in [0.3, 0.4) is 0 Å². The molecule has 7 heterocycles. The Labute approximate surface area is 593 Å². The Morgan fingerprint density at radius 3 is 2.60 bits per heavy atom. The Hall–Kier alpha value is -10.5. The monoisotopic (exact) mass is 1350 g/mol. The normalized spacial score (nSPS) is 25.8. The molecule has 10 bridgehead atoms. The van der Waals surface area contributed by atoms with Gasteiger partial charge in [-0.3, -0.25) is 4.79 Å². The highest BCUT2D eigenvalue weighted by atomic mass is 16.5. The summed E-state index contributed by atoms with van der Waals surface area (Å²) in [5.41, 5.74) is 24.4. The Balaban J connectivity index is 0.934. The number of benzene rings is 8. The number of methoxy groups -OCH3 is 1. The van der Waals surface area contributed by atoms with Crippen LogP contribution in [0.2, 0.25) is 0 Å². The smallest absolute Gasteiger partial charge is 0.204 e. The molecule has 0 amide bonds. The number of nitrogens with two attached hydrogens (primary N) is 2. The first-order valence-electron chi connectivity index (χ1n) is 36.3. The maximum atomic E-state index is 15.7. The summed E-state index contributed by atoms with van der Waals surface area (Å²) in [5, 5.41) is 43.3. The number of phenols is 1. The average Bonchev–Trinajstić information content (AvgIpc) is 1.49. The highest BCUT2D eigenvalue weighted by Crippen LogP contribution is 2.69. The van der Waals surface area contributed by atoms with Crippen LogP contribution in [0.1, 0.15) is 108 Å². The standard InChI is InChI=1S/C88H82N6O8/c1-86-36-10-17-61(86)16-9-19-69-68-32-26-55-21-22-60-44-57-14-6-7-18-65(57)66-34-37-87(68,78(55)75(60)66)50-88(69)62-28-23-58(71(45-62)92-85(89)90)43-53(48-95)49-101-80-76(59-27-33-70-83(88)94(39-38-91-70)84-67(46-74(86)93-84)56-15-8-13-52(41-56)42-59)79-77(72(98)47-73(102-79)54-24-30-63(96)31-25-54)81(82(80)99-2)100-40-35-64(97)29-20-51-11-4-3-5-12-51/h3-8,11-15,18,20-26,28-32,41,44-47,53,59,61,64,68-70,83,91,93,95-97H,10,16-17,34-40,42-43,48-50H2,1-2H3,(H4,89,90,92)/b29-20+/t53-,59+,61+,64-,68+,69-,70-,83-,86+,87+,88-/m0/s1. The molecule has 2 aromatic heterocycles. The van der Waals surface area contributed by atoms with Gasteiger partial charge < -0.3 is 60.6 Å². The molecular formula is C88H82N6O8. The molecule has 14 heteroatoms. The fraction of sp³-hybridized carbons (Fsp3) is 0.318. The first kappa shape index (κ1) is 63.7. The summed E-state index contributed by atoms with van der Waals surface area (Å²) in [5.74, 6) is 16.9. The van der Waals surface area contributed by atoms with Crippen LogP contribution in [-0.2, 0) is 35.5 Å². The molecular weight excluding hydrogens is 1270 g/mol. The number of rotatable bonds is 10. The van der Waals surface area contributed by atoms with Gasteiger partial charge in [0.2, 0.25) is 5.75 Å². The predicted molar refractivity (Wildman–Crippen MR) is 404 cm³/mol. The van der Waals surface area contributed by atoms with Crippen LogP contribution in [0, 0.1) is 47.4 Å². The second kappa shape index (κ2) is 24.9. The van der Waals surface area contributed by atoms with E-state index >= 15 is 4.79 Å². The maximum Gasteiger partial charge on any atom is 0.204 e. The van der Waals surface area contributed by atoms with Crippen LogP contribution in [0.4, 0.5) is 11.5 Å². The zero-order valence-electron chi connectivity index (χ0n) is 57.4. The number of hydrogen-bond donors (Lipinski definition) is 7. The number of aromatic amines is 1. The number of ether oxygens (including phenoxy) is 3. The lowest BCUT2D eigenvalue weighted by atomic mass is 9.59. The van der Waals surface area contributed by atoms with Gasteiger partial charge in [-0.25, -0.2) is 4.99 Å². The number of piperazine rings is 1. The van der Waals surface area contributed by atoms with Crippen LogP contribution in [0.25, 0.3) is 67.1 Å². The minimum absolute atomic E-state index is 0.0403. The number of aliphatic hydroxyl groups is 2. The number of guanidine groups is 1. The molecule has 5 aliphatic heterocycles. The van der Waals surface area contributed by atoms with Gasteiger partial charge in [-0.2, -0.15) is 0 Å². The number of allylic oxidation sites excluding steroid dienone is 1. The number of anilines is 1. The summed E-state index contributed by atoms with van der Waals surface area (Å²) >= 11 is 0. The number of aliphatic imine (C=N–C) groups is 1. The minimum atomic E-state index is -0.915. The topological polar surface area (TPSA) is 214 Å². The van der Waals surface area contributed by atoms with Gasteiger partial charge in [0, 0.05) is 89.4 Å². The average molecular weight is 1350 g/mol. The summed E-state index contributed by atoms with van der Waals surface area (Å²) in [4.78, 5) is 27.8. The second-order valence-electron chi connectivity index (χ2n) is 30.0. The van der Waals surface area contributed by atoms with Crippen molar-refractivity contribution < 1.29 is 33.9 Å². The third-order valence-electron chi connectivity index (χ3n) is 24.4. The second-order valence-corrected chi connectivity index (χ2v) is 30.0. The lowest BCUT2D eigenvalue weighted by Gasteiger charge is -2.53. The van der Waals surface area contributed by atoms with E-state index in [1.807, 2.05) is 36.4 Å². The van der Waals surface area contributed by atoms with Crippen LogP contribution >= 0.6 is 0 Å². The number of hydrogen-bond acceptors (Lipinski definition) is 11. The quantitative estimate of drug-likeness (QED) is 0.0295. The minimum Gasteiger partial charge on any atom is -0.508 e. The molecule has 8 aromatic carbocycles. The zero-order valence-corrected chi connectivity index (χ0v) is 57.4. The van der Waals surface area contributed by atoms with Crippen molar-refractivity contribution in [3.05, 3.63) is 224 Å². The van der Waals surface area contributed by atoms with Gasteiger partial charge >= 0.3 is 0 Å². The molecule has 1 saturated heterocycles. The third-order valence-corrected chi connectivity index (χ3v) is 24.4. The summed E-state index contributed by atoms with van der Waals surface area (Å²) < 4.78 is 28.1. The molecule has 2 spiro atoms. The molecule has 9 aliphatic rings. The number of nitrogens with one attached hydrogen (secondary N) is 2. The van der Waals surface area contributed by atoms with Crippen molar-refractivity contribution in [3.63, 3.8) is 0 Å². The van der Waals surface area contributed by atoms with Gasteiger partial charge in [-0.15, -0.1) is 5.92 Å². The first-order valence-corrected chi connectivity index (χ1v) is 36.3. The van der Waals surface area contributed by atoms with Gasteiger partial charge in [-0.1, -0.05) is 159 Å². The van der Waals surface area contributed by atoms with Crippen LogP contribution in [-0.4, -0.2) is 84.5 Å². The van der Waals surface area contributed by atoms with E-state index < -0.39 is 46.3 Å². The highest BCUT2D eigenvalue weighted by molar-refractivity contribution is 6.06. The number of fused-ring (bicyclic) bond motifs is 15. The molecule has 19 rings (SSSR count). The summed E-state index contributed by atoms with van der Waals surface area (Å²) in [6, 6.07) is 50.8. The van der Waals surface area contributed by atoms with Gasteiger partial charge in [0.1, 0.15) is 22.7 Å². The van der Waals surface area contributed by atoms with Gasteiger partial charge in [-0.05, 0) is 159 Å². The number of nitrogens with zero attached hydrogens (tertiary/aromatic N) is 2. The molecule has 11 atom stereocenters. The lowest BCUT2D eigenvalue weighted by Crippen LogP contribution is -2.67. The Kier molecular flexibility index (Phi) is 15.6. The van der Waals surface area contributed by atoms with Crippen molar-refractivity contribution in [2.24, 2.45) is 40.1 Å². The van der Waals surface area contributed by atoms with E-state index in [0.29, 0.717) is 48.7 Å². The maximum absolute atomic E-state index is 15.7. The van der Waals surface area contributed by atoms with Crippen molar-refractivity contribution >= 4 is 62.1 Å². The third kappa shape index (κ3) is 10.3. The number of phenolic OH excluding ortho intramolecular Hbond substituents is 1. The van der Waals surface area contributed by atoms with E-state index in [4.69, 9.17) is 35.1 Å². The molecule has 512 valence electrons. The van der Waals surface area contributed by atoms with E-state index in [2.05, 4.69) is 149 Å². The first-order chi connectivity index (χ1) is 49.8. The Morgan fingerprint density at radius 2 is 1.75 bits per heavy atom. The van der Waals surface area contributed by atoms with Crippen LogP contribution in [0.5, 0.6) is 23.0 Å². The zero-order chi connectivity index (χ0) is 69.2. The Morgan fingerprint density at radius 1 is 0.882 bits per heavy atom. The van der Waals surface area contributed by atoms with E-state index in [-0.39, 0.29) is 95.6 Å². The molecule has 3 fully saturated rings. The van der Waals surface area contributed by atoms with Crippen molar-refractivity contribution in [1.82, 2.24) is 10.3 Å². The van der Waals surface area contributed by atoms with Crippen LogP contribution in [0.15, 0.2) is 178 Å². The van der Waals surface area contributed by atoms with E-state index in [1.165, 1.54) is 57.1 Å². The molecule has 14 nitrogen and oxygen atoms in total. The molecule has 102 heavy (non-hydrogen) atoms. The fourth-order valence-electron chi connectivity index (χ4n) is 19.7. The molecule has 10 aromatic rings. The number of H-pyrrole nitrogens is 1. The van der Waals surface area contributed by atoms with E-state index in [0.717, 1.165) is 77.7 Å². The predicted octanol–water partition coefficient (Wildman–Crippen LogP) is 14.2. The number of aromatic nitrogens is 1. The molecule has 9 N–H and O–H groups in total. The summed E-state index contributed by atoms with van der Waals surface area (Å²) in [6.07, 6.45) is 14.8. The van der Waals surface area contributed by atoms with Crippen molar-refractivity contribution in [3.8, 4) is 69.1 Å². The molecule has 2 saturated carbocycles.